The summed E-state index contributed by atoms with van der Waals surface area (Å²) in [5, 5.41) is 21.6. The van der Waals surface area contributed by atoms with E-state index in [1.54, 1.807) is 6.07 Å². The molecule has 18 heavy (non-hydrogen) atoms. The lowest BCUT2D eigenvalue weighted by molar-refractivity contribution is -0.138. The molecule has 5 nitrogen and oxygen atoms in total. The Morgan fingerprint density at radius 2 is 2.33 bits per heavy atom. The van der Waals surface area contributed by atoms with Crippen LogP contribution < -0.4 is 10.1 Å². The largest absolute Gasteiger partial charge is 0.504 e. The van der Waals surface area contributed by atoms with Gasteiger partial charge < -0.3 is 14.9 Å². The average molecular weight is 381 g/mol. The minimum atomic E-state index is -0.842. The highest BCUT2D eigenvalue weighted by Crippen LogP contribution is 2.39. The maximum atomic E-state index is 10.9. The molecule has 1 aliphatic rings. The first-order valence-corrected chi connectivity index (χ1v) is 7.32. The van der Waals surface area contributed by atoms with Crippen molar-refractivity contribution in [3.8, 4) is 11.5 Å². The monoisotopic (exact) mass is 381 g/mol. The molecule has 7 heteroatoms. The Kier molecular flexibility index (Phi) is 4.23. The van der Waals surface area contributed by atoms with Crippen LogP contribution in [0.15, 0.2) is 12.1 Å². The number of thioether (sulfide) groups is 1. The summed E-state index contributed by atoms with van der Waals surface area (Å²) in [6.07, 6.45) is 0. The van der Waals surface area contributed by atoms with Crippen molar-refractivity contribution < 1.29 is 19.7 Å². The number of halogens is 1. The second-order valence-electron chi connectivity index (χ2n) is 3.82. The van der Waals surface area contributed by atoms with Crippen LogP contribution in [0.4, 0.5) is 0 Å². The number of rotatable bonds is 3. The quantitative estimate of drug-likeness (QED) is 0.694. The van der Waals surface area contributed by atoms with Gasteiger partial charge >= 0.3 is 5.97 Å². The van der Waals surface area contributed by atoms with Crippen LogP contribution in [-0.2, 0) is 4.79 Å². The van der Waals surface area contributed by atoms with E-state index in [0.29, 0.717) is 15.1 Å². The first kappa shape index (κ1) is 13.8. The number of hydrogen-bond donors (Lipinski definition) is 3. The van der Waals surface area contributed by atoms with Crippen molar-refractivity contribution in [2.24, 2.45) is 0 Å². The molecule has 0 aliphatic carbocycles. The van der Waals surface area contributed by atoms with Gasteiger partial charge in [0.1, 0.15) is 6.04 Å². The zero-order valence-electron chi connectivity index (χ0n) is 9.51. The summed E-state index contributed by atoms with van der Waals surface area (Å²) in [5.41, 5.74) is 0.905. The summed E-state index contributed by atoms with van der Waals surface area (Å²) in [7, 11) is 1.49. The van der Waals surface area contributed by atoms with Gasteiger partial charge in [-0.15, -0.1) is 11.8 Å². The molecule has 1 heterocycles. The van der Waals surface area contributed by atoms with Crippen LogP contribution in [0.3, 0.4) is 0 Å². The lowest BCUT2D eigenvalue weighted by Crippen LogP contribution is -2.33. The van der Waals surface area contributed by atoms with Gasteiger partial charge in [0.25, 0.3) is 0 Å². The van der Waals surface area contributed by atoms with Crippen molar-refractivity contribution in [3.63, 3.8) is 0 Å². The SMILES string of the molecule is COc1cc([C@H]2N[C@H](C(=O)O)CS2)cc(I)c1O. The molecule has 0 spiro atoms. The van der Waals surface area contributed by atoms with E-state index in [1.807, 2.05) is 28.7 Å². The molecule has 98 valence electrons. The summed E-state index contributed by atoms with van der Waals surface area (Å²) in [5.74, 6) is 0.197. The topological polar surface area (TPSA) is 78.8 Å². The third-order valence-electron chi connectivity index (χ3n) is 2.65. The Balaban J connectivity index is 2.25. The zero-order valence-corrected chi connectivity index (χ0v) is 12.5. The van der Waals surface area contributed by atoms with Gasteiger partial charge in [0.2, 0.25) is 0 Å². The number of aliphatic carboxylic acids is 1. The Hall–Kier alpha value is -0.670. The molecule has 0 amide bonds. The standard InChI is InChI=1S/C11H12INO4S/c1-17-8-3-5(2-6(12)9(8)14)10-13-7(4-18-10)11(15)16/h2-3,7,10,13-14H,4H2,1H3,(H,15,16)/t7-,10-/m0/s1. The zero-order chi connectivity index (χ0) is 13.3. The number of aromatic hydroxyl groups is 1. The molecular formula is C11H12INO4S. The maximum Gasteiger partial charge on any atom is 0.321 e. The summed E-state index contributed by atoms with van der Waals surface area (Å²) >= 11 is 3.55. The molecular weight excluding hydrogens is 369 g/mol. The number of benzene rings is 1. The molecule has 0 unspecified atom stereocenters. The normalized spacial score (nSPS) is 23.0. The van der Waals surface area contributed by atoms with Gasteiger partial charge in [-0.3, -0.25) is 10.1 Å². The number of phenolic OH excluding ortho intramolecular Hbond substituents is 1. The third-order valence-corrected chi connectivity index (χ3v) is 4.74. The van der Waals surface area contributed by atoms with Crippen molar-refractivity contribution in [1.82, 2.24) is 5.32 Å². The van der Waals surface area contributed by atoms with Crippen molar-refractivity contribution in [3.05, 3.63) is 21.3 Å². The molecule has 1 fully saturated rings. The van der Waals surface area contributed by atoms with E-state index in [2.05, 4.69) is 5.32 Å². The van der Waals surface area contributed by atoms with Crippen molar-refractivity contribution in [1.29, 1.82) is 0 Å². The van der Waals surface area contributed by atoms with E-state index in [-0.39, 0.29) is 11.1 Å². The molecule has 2 atom stereocenters. The van der Waals surface area contributed by atoms with E-state index in [9.17, 15) is 9.90 Å². The smallest absolute Gasteiger partial charge is 0.321 e. The number of carboxylic acid groups (broad SMARTS) is 1. The van der Waals surface area contributed by atoms with Crippen LogP contribution in [0.2, 0.25) is 0 Å². The van der Waals surface area contributed by atoms with Crippen molar-refractivity contribution in [2.45, 2.75) is 11.4 Å². The summed E-state index contributed by atoms with van der Waals surface area (Å²) in [4.78, 5) is 10.9. The molecule has 1 aromatic carbocycles. The fraction of sp³-hybridized carbons (Fsp3) is 0.364. The molecule has 0 bridgehead atoms. The highest BCUT2D eigenvalue weighted by Gasteiger charge is 2.31. The highest BCUT2D eigenvalue weighted by atomic mass is 127. The molecule has 1 saturated heterocycles. The van der Waals surface area contributed by atoms with Crippen LogP contribution in [-0.4, -0.2) is 35.1 Å². The van der Waals surface area contributed by atoms with Crippen molar-refractivity contribution in [2.75, 3.05) is 12.9 Å². The number of hydrogen-bond acceptors (Lipinski definition) is 5. The van der Waals surface area contributed by atoms with Crippen LogP contribution in [0.1, 0.15) is 10.9 Å². The van der Waals surface area contributed by atoms with Crippen LogP contribution in [0.25, 0.3) is 0 Å². The average Bonchev–Trinajstić information content (AvgIpc) is 2.82. The Morgan fingerprint density at radius 1 is 1.61 bits per heavy atom. The fourth-order valence-corrected chi connectivity index (χ4v) is 3.55. The van der Waals surface area contributed by atoms with Gasteiger partial charge in [-0.1, -0.05) is 0 Å². The lowest BCUT2D eigenvalue weighted by Gasteiger charge is -2.14. The van der Waals surface area contributed by atoms with Crippen LogP contribution >= 0.6 is 34.4 Å². The van der Waals surface area contributed by atoms with E-state index in [0.717, 1.165) is 5.56 Å². The Morgan fingerprint density at radius 3 is 2.89 bits per heavy atom. The number of carboxylic acids is 1. The third kappa shape index (κ3) is 2.67. The summed E-state index contributed by atoms with van der Waals surface area (Å²) in [6, 6.07) is 3.03. The Bertz CT molecular complexity index is 482. The predicted molar refractivity (Wildman–Crippen MR) is 77.1 cm³/mol. The van der Waals surface area contributed by atoms with Gasteiger partial charge in [-0.05, 0) is 40.3 Å². The molecule has 0 saturated carbocycles. The van der Waals surface area contributed by atoms with E-state index < -0.39 is 12.0 Å². The van der Waals surface area contributed by atoms with E-state index in [4.69, 9.17) is 9.84 Å². The van der Waals surface area contributed by atoms with Gasteiger partial charge in [0.05, 0.1) is 16.1 Å². The minimum absolute atomic E-state index is 0.0888. The molecule has 0 radical (unpaired) electrons. The fourth-order valence-electron chi connectivity index (χ4n) is 1.71. The maximum absolute atomic E-state index is 10.9. The lowest BCUT2D eigenvalue weighted by atomic mass is 10.2. The molecule has 2 rings (SSSR count). The number of phenols is 1. The number of carbonyl (C=O) groups is 1. The molecule has 1 aromatic rings. The molecule has 0 aromatic heterocycles. The minimum Gasteiger partial charge on any atom is -0.504 e. The van der Waals surface area contributed by atoms with Gasteiger partial charge in [0, 0.05) is 5.75 Å². The number of methoxy groups -OCH3 is 1. The number of ether oxygens (including phenoxy) is 1. The van der Waals surface area contributed by atoms with Gasteiger partial charge in [-0.2, -0.15) is 0 Å². The van der Waals surface area contributed by atoms with Crippen LogP contribution in [0, 0.1) is 3.57 Å². The molecule has 3 N–H and O–H groups in total. The Labute approximate surface area is 122 Å². The second kappa shape index (κ2) is 5.54. The predicted octanol–water partition coefficient (Wildman–Crippen LogP) is 1.79. The first-order valence-electron chi connectivity index (χ1n) is 5.19. The van der Waals surface area contributed by atoms with Gasteiger partial charge in [-0.25, -0.2) is 0 Å². The first-order chi connectivity index (χ1) is 8.52. The van der Waals surface area contributed by atoms with Gasteiger partial charge in [0.15, 0.2) is 11.5 Å². The number of nitrogens with one attached hydrogen (secondary N) is 1. The highest BCUT2D eigenvalue weighted by molar-refractivity contribution is 14.1. The van der Waals surface area contributed by atoms with Crippen LogP contribution in [0.5, 0.6) is 11.5 Å². The second-order valence-corrected chi connectivity index (χ2v) is 6.12. The summed E-state index contributed by atoms with van der Waals surface area (Å²) in [6.45, 7) is 0. The van der Waals surface area contributed by atoms with E-state index in [1.165, 1.54) is 18.9 Å². The molecule has 1 aliphatic heterocycles. The summed E-state index contributed by atoms with van der Waals surface area (Å²) < 4.78 is 5.78. The van der Waals surface area contributed by atoms with E-state index >= 15 is 0 Å². The van der Waals surface area contributed by atoms with Crippen molar-refractivity contribution >= 4 is 40.3 Å².